The van der Waals surface area contributed by atoms with Gasteiger partial charge < -0.3 is 19.5 Å². The normalized spacial score (nSPS) is 13.6. The maximum absolute atomic E-state index is 12.9. The molecule has 1 N–H and O–H groups in total. The van der Waals surface area contributed by atoms with Crippen LogP contribution >= 0.6 is 0 Å². The first kappa shape index (κ1) is 19.2. The summed E-state index contributed by atoms with van der Waals surface area (Å²) in [4.78, 5) is 33.2. The van der Waals surface area contributed by atoms with Crippen LogP contribution in [-0.2, 0) is 0 Å². The highest BCUT2D eigenvalue weighted by atomic mass is 16.3. The van der Waals surface area contributed by atoms with E-state index in [9.17, 15) is 9.59 Å². The number of pyridine rings is 1. The Hall–Kier alpha value is -4.12. The van der Waals surface area contributed by atoms with Crippen molar-refractivity contribution in [3.8, 4) is 6.07 Å². The number of carbonyl (C=O) groups excluding carboxylic acids is 2. The first-order chi connectivity index (χ1) is 14.6. The molecule has 0 radical (unpaired) electrons. The van der Waals surface area contributed by atoms with Gasteiger partial charge in [0, 0.05) is 43.6 Å². The topological polar surface area (TPSA) is 102 Å². The zero-order chi connectivity index (χ0) is 20.9. The molecule has 1 saturated heterocycles. The van der Waals surface area contributed by atoms with Crippen LogP contribution < -0.4 is 10.2 Å². The molecule has 150 valence electrons. The number of benzene rings is 1. The van der Waals surface area contributed by atoms with Crippen LogP contribution in [0.15, 0.2) is 65.4 Å². The highest BCUT2D eigenvalue weighted by Gasteiger charge is 2.23. The Labute approximate surface area is 173 Å². The molecule has 1 aromatic carbocycles. The van der Waals surface area contributed by atoms with Gasteiger partial charge in [0.1, 0.15) is 5.82 Å². The van der Waals surface area contributed by atoms with Crippen LogP contribution in [-0.4, -0.2) is 47.9 Å². The highest BCUT2D eigenvalue weighted by molar-refractivity contribution is 6.03. The monoisotopic (exact) mass is 401 g/mol. The van der Waals surface area contributed by atoms with Crippen LogP contribution in [0.5, 0.6) is 0 Å². The smallest absolute Gasteiger partial charge is 0.291 e. The van der Waals surface area contributed by atoms with Gasteiger partial charge in [-0.05, 0) is 42.5 Å². The first-order valence-corrected chi connectivity index (χ1v) is 9.49. The Morgan fingerprint density at radius 2 is 1.90 bits per heavy atom. The van der Waals surface area contributed by atoms with E-state index in [-0.39, 0.29) is 17.6 Å². The second-order valence-electron chi connectivity index (χ2n) is 6.81. The summed E-state index contributed by atoms with van der Waals surface area (Å²) in [5.74, 6) is 0.480. The summed E-state index contributed by atoms with van der Waals surface area (Å²) in [6.45, 7) is 2.34. The number of amides is 2. The van der Waals surface area contributed by atoms with E-state index in [0.717, 1.165) is 5.82 Å². The minimum absolute atomic E-state index is 0.0949. The van der Waals surface area contributed by atoms with Crippen molar-refractivity contribution in [2.45, 2.75) is 0 Å². The molecule has 0 unspecified atom stereocenters. The van der Waals surface area contributed by atoms with Crippen LogP contribution in [0.2, 0.25) is 0 Å². The lowest BCUT2D eigenvalue weighted by atomic mass is 10.1. The number of nitriles is 1. The summed E-state index contributed by atoms with van der Waals surface area (Å²) in [6.07, 6.45) is 3.05. The van der Waals surface area contributed by atoms with E-state index in [2.05, 4.69) is 21.3 Å². The fourth-order valence-electron chi connectivity index (χ4n) is 3.31. The molecule has 0 bridgehead atoms. The summed E-state index contributed by atoms with van der Waals surface area (Å²) in [5, 5.41) is 11.8. The lowest BCUT2D eigenvalue weighted by molar-refractivity contribution is 0.0746. The summed E-state index contributed by atoms with van der Waals surface area (Å²) >= 11 is 0. The van der Waals surface area contributed by atoms with Gasteiger partial charge in [-0.1, -0.05) is 6.07 Å². The molecule has 1 fully saturated rings. The van der Waals surface area contributed by atoms with Gasteiger partial charge in [0.15, 0.2) is 5.76 Å². The fraction of sp³-hybridized carbons (Fsp3) is 0.182. The standard InChI is InChI=1S/C22H19N5O3/c23-15-16-6-7-24-20(13-16)26-8-10-27(11-9-26)22(29)17-3-1-4-18(14-17)25-21(28)19-5-2-12-30-19/h1-7,12-14H,8-11H2,(H,25,28). The average Bonchev–Trinajstić information content (AvgIpc) is 3.34. The third-order valence-electron chi connectivity index (χ3n) is 4.88. The van der Waals surface area contributed by atoms with Crippen LogP contribution in [0.1, 0.15) is 26.5 Å². The number of piperazine rings is 1. The molecule has 0 aliphatic carbocycles. The molecule has 30 heavy (non-hydrogen) atoms. The Kier molecular flexibility index (Phi) is 5.44. The Balaban J connectivity index is 1.39. The van der Waals surface area contributed by atoms with Crippen LogP contribution in [0.4, 0.5) is 11.5 Å². The fourth-order valence-corrected chi connectivity index (χ4v) is 3.31. The predicted molar refractivity (Wildman–Crippen MR) is 110 cm³/mol. The van der Waals surface area contributed by atoms with Gasteiger partial charge in [-0.2, -0.15) is 5.26 Å². The third-order valence-corrected chi connectivity index (χ3v) is 4.88. The number of aromatic nitrogens is 1. The minimum Gasteiger partial charge on any atom is -0.459 e. The molecular weight excluding hydrogens is 382 g/mol. The average molecular weight is 401 g/mol. The largest absolute Gasteiger partial charge is 0.459 e. The Bertz CT molecular complexity index is 1100. The van der Waals surface area contributed by atoms with Crippen molar-refractivity contribution in [1.82, 2.24) is 9.88 Å². The molecule has 1 aliphatic heterocycles. The third kappa shape index (κ3) is 4.15. The van der Waals surface area contributed by atoms with Gasteiger partial charge >= 0.3 is 0 Å². The van der Waals surface area contributed by atoms with E-state index in [1.165, 1.54) is 6.26 Å². The highest BCUT2D eigenvalue weighted by Crippen LogP contribution is 2.18. The zero-order valence-corrected chi connectivity index (χ0v) is 16.1. The molecular formula is C22H19N5O3. The molecule has 0 saturated carbocycles. The van der Waals surface area contributed by atoms with Crippen molar-refractivity contribution in [1.29, 1.82) is 5.26 Å². The zero-order valence-electron chi connectivity index (χ0n) is 16.1. The SMILES string of the molecule is N#Cc1ccnc(N2CCN(C(=O)c3cccc(NC(=O)c4ccco4)c3)CC2)c1. The summed E-state index contributed by atoms with van der Waals surface area (Å²) in [5.41, 5.74) is 1.59. The molecule has 0 spiro atoms. The molecule has 3 heterocycles. The number of nitrogens with one attached hydrogen (secondary N) is 1. The van der Waals surface area contributed by atoms with Crippen LogP contribution in [0, 0.1) is 11.3 Å². The maximum Gasteiger partial charge on any atom is 0.291 e. The molecule has 2 aromatic heterocycles. The first-order valence-electron chi connectivity index (χ1n) is 9.49. The molecule has 1 aliphatic rings. The van der Waals surface area contributed by atoms with Gasteiger partial charge in [0.2, 0.25) is 0 Å². The number of carbonyl (C=O) groups is 2. The van der Waals surface area contributed by atoms with Crippen molar-refractivity contribution < 1.29 is 14.0 Å². The van der Waals surface area contributed by atoms with E-state index in [4.69, 9.17) is 9.68 Å². The van der Waals surface area contributed by atoms with Gasteiger partial charge in [-0.3, -0.25) is 9.59 Å². The minimum atomic E-state index is -0.370. The van der Waals surface area contributed by atoms with E-state index in [0.29, 0.717) is 43.0 Å². The Morgan fingerprint density at radius 1 is 1.07 bits per heavy atom. The lowest BCUT2D eigenvalue weighted by Crippen LogP contribution is -2.49. The Morgan fingerprint density at radius 3 is 2.63 bits per heavy atom. The van der Waals surface area contributed by atoms with Gasteiger partial charge in [-0.15, -0.1) is 0 Å². The lowest BCUT2D eigenvalue weighted by Gasteiger charge is -2.35. The number of furan rings is 1. The van der Waals surface area contributed by atoms with Crippen molar-refractivity contribution >= 4 is 23.3 Å². The van der Waals surface area contributed by atoms with Gasteiger partial charge in [0.05, 0.1) is 17.9 Å². The van der Waals surface area contributed by atoms with Crippen molar-refractivity contribution in [3.63, 3.8) is 0 Å². The molecule has 3 aromatic rings. The van der Waals surface area contributed by atoms with E-state index < -0.39 is 0 Å². The molecule has 8 nitrogen and oxygen atoms in total. The van der Waals surface area contributed by atoms with Crippen molar-refractivity contribution in [2.75, 3.05) is 36.4 Å². The van der Waals surface area contributed by atoms with E-state index in [1.54, 1.807) is 59.6 Å². The number of hydrogen-bond acceptors (Lipinski definition) is 6. The second kappa shape index (κ2) is 8.49. The van der Waals surface area contributed by atoms with Crippen LogP contribution in [0.25, 0.3) is 0 Å². The van der Waals surface area contributed by atoms with Gasteiger partial charge in [0.25, 0.3) is 11.8 Å². The number of rotatable bonds is 4. The summed E-state index contributed by atoms with van der Waals surface area (Å²) in [7, 11) is 0. The van der Waals surface area contributed by atoms with Crippen molar-refractivity contribution in [2.24, 2.45) is 0 Å². The number of nitrogens with zero attached hydrogens (tertiary/aromatic N) is 4. The summed E-state index contributed by atoms with van der Waals surface area (Å²) in [6, 6.07) is 15.6. The predicted octanol–water partition coefficient (Wildman–Crippen LogP) is 2.76. The van der Waals surface area contributed by atoms with E-state index in [1.807, 2.05) is 0 Å². The van der Waals surface area contributed by atoms with Crippen LogP contribution in [0.3, 0.4) is 0 Å². The summed E-state index contributed by atoms with van der Waals surface area (Å²) < 4.78 is 5.09. The molecule has 0 atom stereocenters. The van der Waals surface area contributed by atoms with Gasteiger partial charge in [-0.25, -0.2) is 4.98 Å². The van der Waals surface area contributed by atoms with E-state index >= 15 is 0 Å². The quantitative estimate of drug-likeness (QED) is 0.721. The second-order valence-corrected chi connectivity index (χ2v) is 6.81. The number of hydrogen-bond donors (Lipinski definition) is 1. The number of anilines is 2. The van der Waals surface area contributed by atoms with Crippen molar-refractivity contribution in [3.05, 3.63) is 77.9 Å². The maximum atomic E-state index is 12.9. The molecule has 2 amide bonds. The molecule has 4 rings (SSSR count). The molecule has 8 heteroatoms.